The van der Waals surface area contributed by atoms with E-state index in [1.54, 1.807) is 18.7 Å². The van der Waals surface area contributed by atoms with Crippen molar-refractivity contribution in [2.75, 3.05) is 18.2 Å². The van der Waals surface area contributed by atoms with Crippen LogP contribution in [-0.4, -0.2) is 40.9 Å². The molecular formula is C28H24N2O3S. The average molecular weight is 469 g/mol. The minimum atomic E-state index is -1.71. The summed E-state index contributed by atoms with van der Waals surface area (Å²) in [5.41, 5.74) is 0.182. The Kier molecular flexibility index (Phi) is 4.68. The van der Waals surface area contributed by atoms with Gasteiger partial charge in [0.2, 0.25) is 0 Å². The Balaban J connectivity index is 1.74. The third kappa shape index (κ3) is 2.34. The smallest absolute Gasteiger partial charge is 0.330 e. The predicted octanol–water partition coefficient (Wildman–Crippen LogP) is 4.79. The topological polar surface area (TPSA) is 70.4 Å². The van der Waals surface area contributed by atoms with E-state index in [0.29, 0.717) is 11.4 Å². The molecule has 0 amide bonds. The highest BCUT2D eigenvalue weighted by Gasteiger charge is 2.79. The van der Waals surface area contributed by atoms with E-state index in [1.807, 2.05) is 67.6 Å². The van der Waals surface area contributed by atoms with Crippen molar-refractivity contribution < 1.29 is 14.3 Å². The second-order valence-corrected chi connectivity index (χ2v) is 10.3. The molecule has 5 nitrogen and oxygen atoms in total. The number of carbonyl (C=O) groups excluding carboxylic acids is 2. The molecule has 0 unspecified atom stereocenters. The number of fused-ring (bicyclic) bond motifs is 3. The van der Waals surface area contributed by atoms with Gasteiger partial charge in [-0.3, -0.25) is 14.5 Å². The Labute approximate surface area is 202 Å². The zero-order valence-electron chi connectivity index (χ0n) is 19.1. The minimum absolute atomic E-state index is 0.143. The van der Waals surface area contributed by atoms with Crippen LogP contribution >= 0.6 is 11.8 Å². The largest absolute Gasteiger partial charge is 0.465 e. The number of hydrogen-bond acceptors (Lipinski definition) is 6. The maximum absolute atomic E-state index is 14.5. The van der Waals surface area contributed by atoms with Gasteiger partial charge in [0.05, 0.1) is 12.7 Å². The van der Waals surface area contributed by atoms with Gasteiger partial charge in [-0.05, 0) is 35.7 Å². The van der Waals surface area contributed by atoms with Crippen LogP contribution in [0.2, 0.25) is 0 Å². The number of benzene rings is 3. The van der Waals surface area contributed by atoms with Gasteiger partial charge in [0.1, 0.15) is 5.54 Å². The SMILES string of the molecule is CCOC(=O)[C@]1(C#N)[C@@H](c2ccc(C)cc2)[C@@H]2CSCN2[C@@]12C(=O)c1cccc3cccc2c13. The molecule has 170 valence electrons. The molecule has 0 N–H and O–H groups in total. The Morgan fingerprint density at radius 3 is 2.62 bits per heavy atom. The first-order valence-corrected chi connectivity index (χ1v) is 12.7. The fourth-order valence-corrected chi connectivity index (χ4v) is 7.91. The fraction of sp³-hybridized carbons (Fsp3) is 0.321. The van der Waals surface area contributed by atoms with Crippen LogP contribution < -0.4 is 0 Å². The molecule has 0 bridgehead atoms. The van der Waals surface area contributed by atoms with Gasteiger partial charge < -0.3 is 4.74 Å². The highest BCUT2D eigenvalue weighted by molar-refractivity contribution is 7.99. The molecule has 1 aliphatic carbocycles. The molecule has 0 radical (unpaired) electrons. The Hall–Kier alpha value is -3.14. The second-order valence-electron chi connectivity index (χ2n) is 9.31. The summed E-state index contributed by atoms with van der Waals surface area (Å²) < 4.78 is 5.64. The highest BCUT2D eigenvalue weighted by Crippen LogP contribution is 2.68. The van der Waals surface area contributed by atoms with E-state index in [2.05, 4.69) is 11.0 Å². The lowest BCUT2D eigenvalue weighted by atomic mass is 9.60. The number of nitrogens with zero attached hydrogens (tertiary/aromatic N) is 2. The second kappa shape index (κ2) is 7.43. The average Bonchev–Trinajstić information content (AvgIpc) is 3.49. The van der Waals surface area contributed by atoms with Crippen LogP contribution in [0.5, 0.6) is 0 Å². The van der Waals surface area contributed by atoms with Crippen LogP contribution in [0, 0.1) is 23.7 Å². The Morgan fingerprint density at radius 2 is 1.91 bits per heavy atom. The molecule has 0 saturated carbocycles. The number of ketones is 1. The first-order valence-electron chi connectivity index (χ1n) is 11.6. The number of esters is 1. The highest BCUT2D eigenvalue weighted by atomic mass is 32.2. The molecule has 3 aromatic carbocycles. The first kappa shape index (κ1) is 21.4. The summed E-state index contributed by atoms with van der Waals surface area (Å²) in [4.78, 5) is 30.7. The maximum Gasteiger partial charge on any atom is 0.330 e. The van der Waals surface area contributed by atoms with Crippen molar-refractivity contribution >= 4 is 34.3 Å². The molecule has 2 aliphatic heterocycles. The molecule has 4 atom stereocenters. The monoisotopic (exact) mass is 468 g/mol. The van der Waals surface area contributed by atoms with Crippen molar-refractivity contribution in [2.45, 2.75) is 31.3 Å². The first-order chi connectivity index (χ1) is 16.5. The molecule has 0 aromatic heterocycles. The quantitative estimate of drug-likeness (QED) is 0.515. The fourth-order valence-electron chi connectivity index (χ4n) is 6.61. The van der Waals surface area contributed by atoms with E-state index in [9.17, 15) is 14.9 Å². The van der Waals surface area contributed by atoms with E-state index in [4.69, 9.17) is 4.74 Å². The van der Waals surface area contributed by atoms with Gasteiger partial charge in [0.25, 0.3) is 0 Å². The lowest BCUT2D eigenvalue weighted by Gasteiger charge is -2.42. The van der Waals surface area contributed by atoms with Crippen LogP contribution in [0.3, 0.4) is 0 Å². The zero-order valence-corrected chi connectivity index (χ0v) is 19.9. The Morgan fingerprint density at radius 1 is 1.18 bits per heavy atom. The van der Waals surface area contributed by atoms with Crippen LogP contribution in [0.1, 0.15) is 39.9 Å². The maximum atomic E-state index is 14.5. The summed E-state index contributed by atoms with van der Waals surface area (Å²) in [6.45, 7) is 3.90. The van der Waals surface area contributed by atoms with E-state index in [1.165, 1.54) is 0 Å². The molecule has 3 aliphatic rings. The van der Waals surface area contributed by atoms with Gasteiger partial charge in [0, 0.05) is 29.2 Å². The molecule has 2 fully saturated rings. The minimum Gasteiger partial charge on any atom is -0.465 e. The van der Waals surface area contributed by atoms with Gasteiger partial charge >= 0.3 is 5.97 Å². The molecule has 34 heavy (non-hydrogen) atoms. The zero-order chi connectivity index (χ0) is 23.7. The lowest BCUT2D eigenvalue weighted by molar-refractivity contribution is -0.156. The van der Waals surface area contributed by atoms with E-state index in [-0.39, 0.29) is 18.4 Å². The van der Waals surface area contributed by atoms with Crippen LogP contribution in [0.25, 0.3) is 10.8 Å². The normalized spacial score (nSPS) is 29.5. The number of thioether (sulfide) groups is 1. The summed E-state index contributed by atoms with van der Waals surface area (Å²) in [5.74, 6) is 0.0339. The van der Waals surface area contributed by atoms with Gasteiger partial charge in [0.15, 0.2) is 11.2 Å². The molecule has 6 heteroatoms. The van der Waals surface area contributed by atoms with E-state index >= 15 is 0 Å². The molecule has 6 rings (SSSR count). The number of ether oxygens (including phenoxy) is 1. The third-order valence-electron chi connectivity index (χ3n) is 7.85. The van der Waals surface area contributed by atoms with Crippen molar-refractivity contribution in [2.24, 2.45) is 5.41 Å². The van der Waals surface area contributed by atoms with Gasteiger partial charge in [-0.15, -0.1) is 11.8 Å². The van der Waals surface area contributed by atoms with E-state index < -0.39 is 22.8 Å². The predicted molar refractivity (Wildman–Crippen MR) is 132 cm³/mol. The van der Waals surface area contributed by atoms with Crippen LogP contribution in [0.15, 0.2) is 60.7 Å². The van der Waals surface area contributed by atoms with Crippen LogP contribution in [-0.2, 0) is 15.1 Å². The number of hydrogen-bond donors (Lipinski definition) is 0. The summed E-state index contributed by atoms with van der Waals surface area (Å²) in [6, 6.07) is 21.8. The molecule has 2 heterocycles. The van der Waals surface area contributed by atoms with Gasteiger partial charge in [-0.1, -0.05) is 66.2 Å². The third-order valence-corrected chi connectivity index (χ3v) is 8.89. The van der Waals surface area contributed by atoms with Crippen molar-refractivity contribution in [3.8, 4) is 6.07 Å². The van der Waals surface area contributed by atoms with Gasteiger partial charge in [-0.2, -0.15) is 5.26 Å². The van der Waals surface area contributed by atoms with Crippen molar-refractivity contribution in [1.29, 1.82) is 5.26 Å². The van der Waals surface area contributed by atoms with Crippen molar-refractivity contribution in [3.63, 3.8) is 0 Å². The number of carbonyl (C=O) groups is 2. The summed E-state index contributed by atoms with van der Waals surface area (Å²) in [6.07, 6.45) is 0. The molecular weight excluding hydrogens is 444 g/mol. The molecule has 2 saturated heterocycles. The summed E-state index contributed by atoms with van der Waals surface area (Å²) in [7, 11) is 0. The molecule has 3 aromatic rings. The van der Waals surface area contributed by atoms with Gasteiger partial charge in [-0.25, -0.2) is 0 Å². The Bertz CT molecular complexity index is 1390. The number of aryl methyl sites for hydroxylation is 1. The number of rotatable bonds is 3. The van der Waals surface area contributed by atoms with E-state index in [0.717, 1.165) is 33.2 Å². The number of nitriles is 1. The number of Topliss-reactive ketones (excluding diaryl/α,β-unsaturated/α-hetero) is 1. The molecule has 1 spiro atoms. The van der Waals surface area contributed by atoms with Crippen LogP contribution in [0.4, 0.5) is 0 Å². The lowest BCUT2D eigenvalue weighted by Crippen LogP contribution is -2.58. The standard InChI is InChI=1S/C28H24N2O3S/c1-3-33-26(32)27(15-29)24(19-12-10-17(2)11-13-19)22-14-34-16-30(22)28(27)21-9-5-7-18-6-4-8-20(23(18)21)25(28)31/h4-13,22,24H,3,14,16H2,1-2H3/t22-,24-,27-,28-/m0/s1. The summed E-state index contributed by atoms with van der Waals surface area (Å²) >= 11 is 1.75. The van der Waals surface area contributed by atoms with Crippen molar-refractivity contribution in [1.82, 2.24) is 4.90 Å². The summed E-state index contributed by atoms with van der Waals surface area (Å²) in [5, 5.41) is 12.8. The van der Waals surface area contributed by atoms with Crippen molar-refractivity contribution in [3.05, 3.63) is 82.9 Å².